The van der Waals surface area contributed by atoms with Crippen LogP contribution in [0.5, 0.6) is 0 Å². The Labute approximate surface area is 77.5 Å². The first-order chi connectivity index (χ1) is 5.99. The molecule has 1 aromatic carbocycles. The van der Waals surface area contributed by atoms with Crippen LogP contribution in [0.25, 0.3) is 0 Å². The summed E-state index contributed by atoms with van der Waals surface area (Å²) in [7, 11) is -4.40. The minimum atomic E-state index is -4.40. The maximum absolute atomic E-state index is 8.68. The summed E-state index contributed by atoms with van der Waals surface area (Å²) in [5.74, 6) is 0. The Hall–Kier alpha value is -0.723. The third-order valence-electron chi connectivity index (χ3n) is 1.60. The van der Waals surface area contributed by atoms with Crippen LogP contribution in [-0.4, -0.2) is 23.4 Å². The van der Waals surface area contributed by atoms with E-state index >= 15 is 0 Å². The Kier molecular flexibility index (Phi) is 3.18. The zero-order valence-corrected chi connectivity index (χ0v) is 8.21. The fourth-order valence-electron chi connectivity index (χ4n) is 1.03. The summed E-state index contributed by atoms with van der Waals surface area (Å²) in [5.41, 5.74) is 0.788. The zero-order chi connectivity index (χ0) is 9.90. The van der Waals surface area contributed by atoms with E-state index in [0.717, 1.165) is 5.56 Å². The van der Waals surface area contributed by atoms with Crippen LogP contribution < -0.4 is 0 Å². The quantitative estimate of drug-likeness (QED) is 0.609. The molecule has 1 unspecified atom stereocenters. The monoisotopic (exact) mass is 200 g/mol. The average molecular weight is 200 g/mol. The predicted molar refractivity (Wildman–Crippen MR) is 48.4 cm³/mol. The lowest BCUT2D eigenvalue weighted by molar-refractivity contribution is 0.0292. The molecular formula is C8H12O4Si. The summed E-state index contributed by atoms with van der Waals surface area (Å²) in [6.45, 7) is 1.64. The third kappa shape index (κ3) is 3.66. The van der Waals surface area contributed by atoms with E-state index in [1.807, 2.05) is 18.2 Å². The summed E-state index contributed by atoms with van der Waals surface area (Å²) in [6.07, 6.45) is -0.520. The largest absolute Gasteiger partial charge is 0.671 e. The van der Waals surface area contributed by atoms with Crippen LogP contribution in [0.3, 0.4) is 0 Å². The summed E-state index contributed by atoms with van der Waals surface area (Å²) in [6, 6.07) is 9.03. The van der Waals surface area contributed by atoms with Gasteiger partial charge >= 0.3 is 9.05 Å². The van der Waals surface area contributed by atoms with E-state index in [4.69, 9.17) is 14.4 Å². The SMILES string of the molecule is CC(O[Si](O)(O)O)c1ccccc1. The molecule has 0 aliphatic rings. The number of benzene rings is 1. The highest BCUT2D eigenvalue weighted by Crippen LogP contribution is 2.17. The normalized spacial score (nSPS) is 14.2. The second-order valence-corrected chi connectivity index (χ2v) is 4.13. The van der Waals surface area contributed by atoms with Gasteiger partial charge in [-0.1, -0.05) is 30.3 Å². The molecule has 0 saturated carbocycles. The molecule has 1 atom stereocenters. The standard InChI is InChI=1S/C8H12O4Si/c1-7(12-13(9,10)11)8-5-3-2-4-6-8/h2-7,9-11H,1H3. The second kappa shape index (κ2) is 3.99. The molecule has 5 heteroatoms. The van der Waals surface area contributed by atoms with Gasteiger partial charge in [0, 0.05) is 0 Å². The van der Waals surface area contributed by atoms with E-state index < -0.39 is 15.2 Å². The van der Waals surface area contributed by atoms with Gasteiger partial charge in [0.15, 0.2) is 0 Å². The lowest BCUT2D eigenvalue weighted by Crippen LogP contribution is -2.39. The van der Waals surface area contributed by atoms with Gasteiger partial charge < -0.3 is 18.8 Å². The average Bonchev–Trinajstić information content (AvgIpc) is 2.03. The van der Waals surface area contributed by atoms with Gasteiger partial charge in [0.1, 0.15) is 0 Å². The van der Waals surface area contributed by atoms with Crippen LogP contribution in [0.15, 0.2) is 30.3 Å². The maximum atomic E-state index is 8.68. The Morgan fingerprint density at radius 3 is 2.15 bits per heavy atom. The van der Waals surface area contributed by atoms with Crippen molar-refractivity contribution in [3.63, 3.8) is 0 Å². The zero-order valence-electron chi connectivity index (χ0n) is 7.21. The van der Waals surface area contributed by atoms with Crippen LogP contribution in [0.1, 0.15) is 18.6 Å². The summed E-state index contributed by atoms with van der Waals surface area (Å²) in [5, 5.41) is 0. The Morgan fingerprint density at radius 1 is 1.15 bits per heavy atom. The van der Waals surface area contributed by atoms with Gasteiger partial charge in [0.2, 0.25) is 0 Å². The molecule has 4 nitrogen and oxygen atoms in total. The highest BCUT2D eigenvalue weighted by Gasteiger charge is 2.33. The van der Waals surface area contributed by atoms with Crippen LogP contribution in [0.4, 0.5) is 0 Å². The van der Waals surface area contributed by atoms with E-state index in [0.29, 0.717) is 0 Å². The maximum Gasteiger partial charge on any atom is 0.671 e. The predicted octanol–water partition coefficient (Wildman–Crippen LogP) is 0.177. The van der Waals surface area contributed by atoms with Gasteiger partial charge in [-0.05, 0) is 12.5 Å². The molecule has 0 aromatic heterocycles. The first kappa shape index (κ1) is 10.4. The highest BCUT2D eigenvalue weighted by atomic mass is 28.4. The highest BCUT2D eigenvalue weighted by molar-refractivity contribution is 6.48. The molecule has 0 bridgehead atoms. The molecule has 3 N–H and O–H groups in total. The van der Waals surface area contributed by atoms with Gasteiger partial charge in [-0.15, -0.1) is 0 Å². The second-order valence-electron chi connectivity index (χ2n) is 2.74. The first-order valence-electron chi connectivity index (χ1n) is 3.89. The molecule has 0 amide bonds. The summed E-state index contributed by atoms with van der Waals surface area (Å²) < 4.78 is 4.63. The van der Waals surface area contributed by atoms with E-state index in [-0.39, 0.29) is 0 Å². The van der Waals surface area contributed by atoms with Crippen molar-refractivity contribution in [2.45, 2.75) is 13.0 Å². The topological polar surface area (TPSA) is 69.9 Å². The van der Waals surface area contributed by atoms with Crippen molar-refractivity contribution >= 4 is 9.05 Å². The Morgan fingerprint density at radius 2 is 1.69 bits per heavy atom. The van der Waals surface area contributed by atoms with Gasteiger partial charge in [-0.25, -0.2) is 0 Å². The van der Waals surface area contributed by atoms with E-state index in [2.05, 4.69) is 4.43 Å². The smallest absolute Gasteiger partial charge is 0.368 e. The molecule has 0 saturated heterocycles. The van der Waals surface area contributed by atoms with Crippen molar-refractivity contribution in [2.75, 3.05) is 0 Å². The fraction of sp³-hybridized carbons (Fsp3) is 0.250. The molecule has 72 valence electrons. The van der Waals surface area contributed by atoms with Crippen molar-refractivity contribution in [3.05, 3.63) is 35.9 Å². The number of hydrogen-bond donors (Lipinski definition) is 3. The third-order valence-corrected chi connectivity index (χ3v) is 2.27. The lowest BCUT2D eigenvalue weighted by atomic mass is 10.1. The molecule has 0 aliphatic carbocycles. The molecule has 0 fully saturated rings. The molecule has 0 spiro atoms. The number of hydrogen-bond acceptors (Lipinski definition) is 4. The number of rotatable bonds is 3. The Balaban J connectivity index is 2.64. The summed E-state index contributed by atoms with van der Waals surface area (Å²) >= 11 is 0. The molecule has 0 heterocycles. The van der Waals surface area contributed by atoms with Crippen molar-refractivity contribution in [2.24, 2.45) is 0 Å². The molecular weight excluding hydrogens is 188 g/mol. The fourth-order valence-corrected chi connectivity index (χ4v) is 1.64. The minimum absolute atomic E-state index is 0.520. The van der Waals surface area contributed by atoms with Gasteiger partial charge in [0.05, 0.1) is 6.10 Å². The first-order valence-corrected chi connectivity index (χ1v) is 5.64. The minimum Gasteiger partial charge on any atom is -0.368 e. The molecule has 1 rings (SSSR count). The molecule has 0 aliphatic heterocycles. The van der Waals surface area contributed by atoms with E-state index in [9.17, 15) is 0 Å². The van der Waals surface area contributed by atoms with E-state index in [1.54, 1.807) is 19.1 Å². The Bertz CT molecular complexity index is 257. The van der Waals surface area contributed by atoms with Crippen LogP contribution >= 0.6 is 0 Å². The molecule has 1 aromatic rings. The van der Waals surface area contributed by atoms with Crippen molar-refractivity contribution in [1.82, 2.24) is 0 Å². The van der Waals surface area contributed by atoms with Gasteiger partial charge in [-0.2, -0.15) is 0 Å². The van der Waals surface area contributed by atoms with Crippen molar-refractivity contribution in [1.29, 1.82) is 0 Å². The lowest BCUT2D eigenvalue weighted by Gasteiger charge is -2.17. The van der Waals surface area contributed by atoms with Crippen LogP contribution in [0.2, 0.25) is 0 Å². The summed E-state index contributed by atoms with van der Waals surface area (Å²) in [4.78, 5) is 26.0. The van der Waals surface area contributed by atoms with E-state index in [1.165, 1.54) is 0 Å². The van der Waals surface area contributed by atoms with Gasteiger partial charge in [0.25, 0.3) is 0 Å². The van der Waals surface area contributed by atoms with Crippen LogP contribution in [0, 0.1) is 0 Å². The molecule has 0 radical (unpaired) electrons. The van der Waals surface area contributed by atoms with Crippen LogP contribution in [-0.2, 0) is 4.43 Å². The van der Waals surface area contributed by atoms with Crippen molar-refractivity contribution in [3.8, 4) is 0 Å². The molecule has 13 heavy (non-hydrogen) atoms. The van der Waals surface area contributed by atoms with Crippen molar-refractivity contribution < 1.29 is 18.8 Å². The van der Waals surface area contributed by atoms with Gasteiger partial charge in [-0.3, -0.25) is 0 Å².